The van der Waals surface area contributed by atoms with E-state index in [1.807, 2.05) is 18.3 Å². The van der Waals surface area contributed by atoms with Crippen LogP contribution in [0, 0.1) is 5.92 Å². The third-order valence-corrected chi connectivity index (χ3v) is 4.08. The van der Waals surface area contributed by atoms with Crippen molar-refractivity contribution in [2.75, 3.05) is 13.2 Å². The summed E-state index contributed by atoms with van der Waals surface area (Å²) in [5.41, 5.74) is 1.09. The van der Waals surface area contributed by atoms with Gasteiger partial charge >= 0.3 is 0 Å². The molecule has 2 atom stereocenters. The van der Waals surface area contributed by atoms with Crippen LogP contribution in [0.2, 0.25) is 0 Å². The quantitative estimate of drug-likeness (QED) is 0.756. The summed E-state index contributed by atoms with van der Waals surface area (Å²) in [6, 6.07) is 6.01. The van der Waals surface area contributed by atoms with E-state index in [0.29, 0.717) is 11.8 Å². The van der Waals surface area contributed by atoms with Crippen LogP contribution >= 0.6 is 11.6 Å². The third-order valence-electron chi connectivity index (χ3n) is 3.35. The molecular weight excluding hydrogens is 222 g/mol. The summed E-state index contributed by atoms with van der Waals surface area (Å²) in [4.78, 5) is 4.38. The summed E-state index contributed by atoms with van der Waals surface area (Å²) in [6.45, 7) is 3.86. The van der Waals surface area contributed by atoms with Crippen molar-refractivity contribution < 1.29 is 4.74 Å². The van der Waals surface area contributed by atoms with Crippen LogP contribution < -0.4 is 0 Å². The number of halogens is 1. The molecule has 0 aliphatic carbocycles. The van der Waals surface area contributed by atoms with E-state index in [0.717, 1.165) is 31.7 Å². The summed E-state index contributed by atoms with van der Waals surface area (Å²) in [7, 11) is 0. The molecule has 1 aromatic rings. The molecule has 0 N–H and O–H groups in total. The number of hydrogen-bond donors (Lipinski definition) is 0. The van der Waals surface area contributed by atoms with Gasteiger partial charge in [0.25, 0.3) is 0 Å². The zero-order valence-electron chi connectivity index (χ0n) is 9.60. The lowest BCUT2D eigenvalue weighted by atomic mass is 9.87. The fraction of sp³-hybridized carbons (Fsp3) is 0.615. The van der Waals surface area contributed by atoms with Gasteiger partial charge in [-0.1, -0.05) is 13.0 Å². The Morgan fingerprint density at radius 3 is 2.75 bits per heavy atom. The number of alkyl halides is 1. The Bertz CT molecular complexity index is 311. The monoisotopic (exact) mass is 239 g/mol. The molecule has 2 nitrogen and oxygen atoms in total. The first-order valence-corrected chi connectivity index (χ1v) is 6.35. The number of ether oxygens (including phenoxy) is 1. The van der Waals surface area contributed by atoms with E-state index in [4.69, 9.17) is 16.3 Å². The zero-order valence-corrected chi connectivity index (χ0v) is 10.4. The van der Waals surface area contributed by atoms with E-state index in [9.17, 15) is 0 Å². The van der Waals surface area contributed by atoms with E-state index < -0.39 is 0 Å². The number of pyridine rings is 1. The van der Waals surface area contributed by atoms with Crippen LogP contribution in [0.5, 0.6) is 0 Å². The summed E-state index contributed by atoms with van der Waals surface area (Å²) in [6.07, 6.45) is 3.98. The second kappa shape index (κ2) is 5.65. The lowest BCUT2D eigenvalue weighted by Gasteiger charge is -2.29. The average molecular weight is 240 g/mol. The van der Waals surface area contributed by atoms with Crippen LogP contribution in [-0.2, 0) is 4.74 Å². The van der Waals surface area contributed by atoms with Crippen molar-refractivity contribution in [1.29, 1.82) is 0 Å². The summed E-state index contributed by atoms with van der Waals surface area (Å²) in [5, 5.41) is 0.166. The van der Waals surface area contributed by atoms with Gasteiger partial charge in [-0.3, -0.25) is 4.98 Å². The van der Waals surface area contributed by atoms with Gasteiger partial charge in [0.05, 0.1) is 0 Å². The highest BCUT2D eigenvalue weighted by Crippen LogP contribution is 2.32. The second-order valence-corrected chi connectivity index (χ2v) is 4.94. The zero-order chi connectivity index (χ0) is 11.4. The van der Waals surface area contributed by atoms with Crippen molar-refractivity contribution in [1.82, 2.24) is 4.98 Å². The van der Waals surface area contributed by atoms with E-state index in [-0.39, 0.29) is 5.38 Å². The smallest absolute Gasteiger partial charge is 0.0469 e. The van der Waals surface area contributed by atoms with Crippen LogP contribution in [0.25, 0.3) is 0 Å². The number of aromatic nitrogens is 1. The van der Waals surface area contributed by atoms with Gasteiger partial charge in [0.2, 0.25) is 0 Å². The van der Waals surface area contributed by atoms with Gasteiger partial charge in [0.15, 0.2) is 0 Å². The molecule has 0 amide bonds. The predicted octanol–water partition coefficient (Wildman–Crippen LogP) is 3.22. The largest absolute Gasteiger partial charge is 0.381 e. The fourth-order valence-corrected chi connectivity index (χ4v) is 2.63. The third kappa shape index (κ3) is 2.74. The van der Waals surface area contributed by atoms with Crippen molar-refractivity contribution in [2.24, 2.45) is 5.92 Å². The van der Waals surface area contributed by atoms with Crippen LogP contribution in [0.3, 0.4) is 0 Å². The highest BCUT2D eigenvalue weighted by molar-refractivity contribution is 6.21. The van der Waals surface area contributed by atoms with Gasteiger partial charge in [-0.05, 0) is 30.9 Å². The minimum absolute atomic E-state index is 0.166. The summed E-state index contributed by atoms with van der Waals surface area (Å²) < 4.78 is 5.36. The fourth-order valence-electron chi connectivity index (χ4n) is 2.25. The number of hydrogen-bond acceptors (Lipinski definition) is 2. The van der Waals surface area contributed by atoms with Gasteiger partial charge in [0.1, 0.15) is 0 Å². The standard InChI is InChI=1S/C13H18ClNO/c1-10(12-4-2-3-7-15-12)13(14)11-5-8-16-9-6-11/h2-4,7,10-11,13H,5-6,8-9H2,1H3. The minimum Gasteiger partial charge on any atom is -0.381 e. The highest BCUT2D eigenvalue weighted by atomic mass is 35.5. The van der Waals surface area contributed by atoms with Crippen molar-refractivity contribution >= 4 is 11.6 Å². The Hall–Kier alpha value is -0.600. The molecule has 2 unspecified atom stereocenters. The van der Waals surface area contributed by atoms with Gasteiger partial charge in [-0.15, -0.1) is 11.6 Å². The molecule has 3 heteroatoms. The molecule has 1 aliphatic heterocycles. The van der Waals surface area contributed by atoms with E-state index in [2.05, 4.69) is 18.0 Å². The molecular formula is C13H18ClNO. The molecule has 1 aromatic heterocycles. The van der Waals surface area contributed by atoms with E-state index >= 15 is 0 Å². The molecule has 1 fully saturated rings. The molecule has 88 valence electrons. The molecule has 0 radical (unpaired) electrons. The summed E-state index contributed by atoms with van der Waals surface area (Å²) >= 11 is 6.55. The molecule has 16 heavy (non-hydrogen) atoms. The molecule has 2 rings (SSSR count). The highest BCUT2D eigenvalue weighted by Gasteiger charge is 2.28. The van der Waals surface area contributed by atoms with E-state index in [1.165, 1.54) is 0 Å². The first-order valence-electron chi connectivity index (χ1n) is 5.92. The predicted molar refractivity (Wildman–Crippen MR) is 65.8 cm³/mol. The van der Waals surface area contributed by atoms with Gasteiger partial charge in [-0.25, -0.2) is 0 Å². The number of nitrogens with zero attached hydrogens (tertiary/aromatic N) is 1. The van der Waals surface area contributed by atoms with Crippen LogP contribution in [0.15, 0.2) is 24.4 Å². The van der Waals surface area contributed by atoms with Crippen LogP contribution in [0.1, 0.15) is 31.4 Å². The Balaban J connectivity index is 2.00. The average Bonchev–Trinajstić information content (AvgIpc) is 2.39. The van der Waals surface area contributed by atoms with Crippen molar-refractivity contribution in [3.05, 3.63) is 30.1 Å². The normalized spacial score (nSPS) is 21.6. The van der Waals surface area contributed by atoms with Crippen molar-refractivity contribution in [2.45, 2.75) is 31.1 Å². The lowest BCUT2D eigenvalue weighted by molar-refractivity contribution is 0.0633. The van der Waals surface area contributed by atoms with Gasteiger partial charge < -0.3 is 4.74 Å². The Labute approximate surface area is 102 Å². The first kappa shape index (κ1) is 11.9. The Morgan fingerprint density at radius 1 is 1.38 bits per heavy atom. The Kier molecular flexibility index (Phi) is 4.19. The molecule has 1 saturated heterocycles. The Morgan fingerprint density at radius 2 is 2.12 bits per heavy atom. The maximum Gasteiger partial charge on any atom is 0.0469 e. The second-order valence-electron chi connectivity index (χ2n) is 4.44. The molecule has 0 spiro atoms. The SMILES string of the molecule is CC(c1ccccn1)C(Cl)C1CCOCC1. The molecule has 1 aliphatic rings. The van der Waals surface area contributed by atoms with Crippen molar-refractivity contribution in [3.63, 3.8) is 0 Å². The molecule has 2 heterocycles. The van der Waals surface area contributed by atoms with Gasteiger partial charge in [0, 0.05) is 36.4 Å². The minimum atomic E-state index is 0.166. The van der Waals surface area contributed by atoms with Crippen molar-refractivity contribution in [3.8, 4) is 0 Å². The topological polar surface area (TPSA) is 22.1 Å². The number of rotatable bonds is 3. The molecule has 0 saturated carbocycles. The summed E-state index contributed by atoms with van der Waals surface area (Å²) in [5.74, 6) is 0.874. The van der Waals surface area contributed by atoms with Crippen LogP contribution in [0.4, 0.5) is 0 Å². The first-order chi connectivity index (χ1) is 7.79. The maximum absolute atomic E-state index is 6.55. The van der Waals surface area contributed by atoms with Gasteiger partial charge in [-0.2, -0.15) is 0 Å². The molecule has 0 bridgehead atoms. The maximum atomic E-state index is 6.55. The lowest BCUT2D eigenvalue weighted by Crippen LogP contribution is -2.27. The molecule has 0 aromatic carbocycles. The van der Waals surface area contributed by atoms with Crippen LogP contribution in [-0.4, -0.2) is 23.6 Å². The van der Waals surface area contributed by atoms with E-state index in [1.54, 1.807) is 0 Å².